The Balaban J connectivity index is 1.67. The number of aliphatic hydroxyl groups excluding tert-OH is 1. The SMILES string of the molecule is CC1(C)CN(CC2CCC(O)CC2)C1. The van der Waals surface area contributed by atoms with E-state index in [1.807, 2.05) is 0 Å². The molecule has 0 aromatic carbocycles. The summed E-state index contributed by atoms with van der Waals surface area (Å²) in [5, 5.41) is 9.40. The number of nitrogens with zero attached hydrogens (tertiary/aromatic N) is 1. The average Bonchev–Trinajstić information content (AvgIpc) is 2.06. The van der Waals surface area contributed by atoms with Crippen molar-refractivity contribution in [1.29, 1.82) is 0 Å². The van der Waals surface area contributed by atoms with Crippen LogP contribution in [0.3, 0.4) is 0 Å². The van der Waals surface area contributed by atoms with Crippen LogP contribution >= 0.6 is 0 Å². The van der Waals surface area contributed by atoms with Crippen molar-refractivity contribution < 1.29 is 5.11 Å². The van der Waals surface area contributed by atoms with Gasteiger partial charge < -0.3 is 10.0 Å². The van der Waals surface area contributed by atoms with Crippen LogP contribution in [0.1, 0.15) is 39.5 Å². The minimum absolute atomic E-state index is 0.000850. The minimum Gasteiger partial charge on any atom is -0.393 e. The minimum atomic E-state index is -0.000850. The van der Waals surface area contributed by atoms with Gasteiger partial charge in [-0.1, -0.05) is 13.8 Å². The van der Waals surface area contributed by atoms with Crippen LogP contribution in [0.5, 0.6) is 0 Å². The highest BCUT2D eigenvalue weighted by atomic mass is 16.3. The molecular weight excluding hydrogens is 174 g/mol. The zero-order chi connectivity index (χ0) is 10.2. The van der Waals surface area contributed by atoms with E-state index in [1.54, 1.807) is 0 Å². The molecule has 2 heteroatoms. The average molecular weight is 197 g/mol. The van der Waals surface area contributed by atoms with Crippen molar-refractivity contribution in [3.8, 4) is 0 Å². The standard InChI is InChI=1S/C12H23NO/c1-12(2)8-13(9-12)7-10-3-5-11(14)6-4-10/h10-11,14H,3-9H2,1-2H3. The molecule has 14 heavy (non-hydrogen) atoms. The van der Waals surface area contributed by atoms with Crippen LogP contribution in [0.25, 0.3) is 0 Å². The third-order valence-corrected chi connectivity index (χ3v) is 3.64. The second-order valence-electron chi connectivity index (χ2n) is 6.01. The number of aliphatic hydroxyl groups is 1. The van der Waals surface area contributed by atoms with Crippen LogP contribution in [0.4, 0.5) is 0 Å². The maximum absolute atomic E-state index is 9.40. The lowest BCUT2D eigenvalue weighted by Gasteiger charge is -2.47. The van der Waals surface area contributed by atoms with E-state index in [1.165, 1.54) is 32.5 Å². The third kappa shape index (κ3) is 2.48. The number of likely N-dealkylation sites (tertiary alicyclic amines) is 1. The summed E-state index contributed by atoms with van der Waals surface area (Å²) in [7, 11) is 0. The van der Waals surface area contributed by atoms with Crippen molar-refractivity contribution >= 4 is 0 Å². The van der Waals surface area contributed by atoms with Gasteiger partial charge in [0.15, 0.2) is 0 Å². The maximum Gasteiger partial charge on any atom is 0.0540 e. The van der Waals surface area contributed by atoms with E-state index < -0.39 is 0 Å². The number of hydrogen-bond donors (Lipinski definition) is 1. The van der Waals surface area contributed by atoms with Crippen LogP contribution in [0, 0.1) is 11.3 Å². The molecule has 1 heterocycles. The fourth-order valence-corrected chi connectivity index (χ4v) is 2.99. The molecule has 2 aliphatic rings. The van der Waals surface area contributed by atoms with Crippen molar-refractivity contribution in [3.63, 3.8) is 0 Å². The molecule has 0 spiro atoms. The molecule has 2 nitrogen and oxygen atoms in total. The second kappa shape index (κ2) is 3.82. The third-order valence-electron chi connectivity index (χ3n) is 3.64. The van der Waals surface area contributed by atoms with E-state index in [0.29, 0.717) is 5.41 Å². The second-order valence-corrected chi connectivity index (χ2v) is 6.01. The Bertz CT molecular complexity index is 186. The van der Waals surface area contributed by atoms with E-state index in [9.17, 15) is 5.11 Å². The first kappa shape index (κ1) is 10.4. The van der Waals surface area contributed by atoms with Gasteiger partial charge in [0.05, 0.1) is 6.10 Å². The largest absolute Gasteiger partial charge is 0.393 e. The van der Waals surface area contributed by atoms with E-state index in [0.717, 1.165) is 18.8 Å². The fourth-order valence-electron chi connectivity index (χ4n) is 2.99. The zero-order valence-corrected chi connectivity index (χ0v) is 9.50. The Labute approximate surface area is 87.3 Å². The lowest BCUT2D eigenvalue weighted by molar-refractivity contribution is 0.00552. The van der Waals surface area contributed by atoms with Crippen molar-refractivity contribution in [3.05, 3.63) is 0 Å². The fraction of sp³-hybridized carbons (Fsp3) is 1.00. The Morgan fingerprint density at radius 2 is 1.71 bits per heavy atom. The molecule has 1 aliphatic heterocycles. The molecule has 2 fully saturated rings. The highest BCUT2D eigenvalue weighted by molar-refractivity contribution is 4.89. The van der Waals surface area contributed by atoms with Gasteiger partial charge in [0.25, 0.3) is 0 Å². The molecule has 1 N–H and O–H groups in total. The first-order valence-corrected chi connectivity index (χ1v) is 5.96. The molecule has 0 unspecified atom stereocenters. The summed E-state index contributed by atoms with van der Waals surface area (Å²) in [6, 6.07) is 0. The lowest BCUT2D eigenvalue weighted by Crippen LogP contribution is -2.54. The van der Waals surface area contributed by atoms with Crippen LogP contribution in [0.2, 0.25) is 0 Å². The predicted molar refractivity (Wildman–Crippen MR) is 58.2 cm³/mol. The molecule has 1 saturated carbocycles. The first-order valence-electron chi connectivity index (χ1n) is 5.96. The van der Waals surface area contributed by atoms with E-state index >= 15 is 0 Å². The molecule has 1 saturated heterocycles. The molecule has 0 aromatic heterocycles. The molecule has 0 radical (unpaired) electrons. The van der Waals surface area contributed by atoms with Gasteiger partial charge in [0.1, 0.15) is 0 Å². The molecule has 0 aromatic rings. The van der Waals surface area contributed by atoms with Gasteiger partial charge in [0, 0.05) is 19.6 Å². The van der Waals surface area contributed by atoms with Gasteiger partial charge in [-0.2, -0.15) is 0 Å². The van der Waals surface area contributed by atoms with Crippen LogP contribution in [-0.4, -0.2) is 35.7 Å². The monoisotopic (exact) mass is 197 g/mol. The van der Waals surface area contributed by atoms with Crippen molar-refractivity contribution in [2.75, 3.05) is 19.6 Å². The van der Waals surface area contributed by atoms with Gasteiger partial charge >= 0.3 is 0 Å². The molecule has 0 atom stereocenters. The summed E-state index contributed by atoms with van der Waals surface area (Å²) in [5.41, 5.74) is 0.564. The number of hydrogen-bond acceptors (Lipinski definition) is 2. The topological polar surface area (TPSA) is 23.5 Å². The quantitative estimate of drug-likeness (QED) is 0.730. The molecule has 1 aliphatic carbocycles. The van der Waals surface area contributed by atoms with Crippen LogP contribution in [0.15, 0.2) is 0 Å². The van der Waals surface area contributed by atoms with E-state index in [2.05, 4.69) is 18.7 Å². The Morgan fingerprint density at radius 3 is 2.21 bits per heavy atom. The lowest BCUT2D eigenvalue weighted by atomic mass is 9.81. The van der Waals surface area contributed by atoms with Crippen LogP contribution in [-0.2, 0) is 0 Å². The number of rotatable bonds is 2. The Kier molecular flexibility index (Phi) is 2.85. The summed E-state index contributed by atoms with van der Waals surface area (Å²) >= 11 is 0. The molecule has 2 rings (SSSR count). The zero-order valence-electron chi connectivity index (χ0n) is 9.50. The van der Waals surface area contributed by atoms with Crippen LogP contribution < -0.4 is 0 Å². The van der Waals surface area contributed by atoms with Crippen molar-refractivity contribution in [2.45, 2.75) is 45.6 Å². The summed E-state index contributed by atoms with van der Waals surface area (Å²) in [6.07, 6.45) is 4.53. The molecule has 0 amide bonds. The van der Waals surface area contributed by atoms with Gasteiger partial charge in [-0.25, -0.2) is 0 Å². The predicted octanol–water partition coefficient (Wildman–Crippen LogP) is 1.88. The highest BCUT2D eigenvalue weighted by Crippen LogP contribution is 2.32. The van der Waals surface area contributed by atoms with Crippen molar-refractivity contribution in [1.82, 2.24) is 4.90 Å². The van der Waals surface area contributed by atoms with Crippen molar-refractivity contribution in [2.24, 2.45) is 11.3 Å². The summed E-state index contributed by atoms with van der Waals surface area (Å²) in [5.74, 6) is 0.856. The highest BCUT2D eigenvalue weighted by Gasteiger charge is 2.35. The molecular formula is C12H23NO. The van der Waals surface area contributed by atoms with E-state index in [4.69, 9.17) is 0 Å². The molecule has 0 bridgehead atoms. The summed E-state index contributed by atoms with van der Waals surface area (Å²) < 4.78 is 0. The van der Waals surface area contributed by atoms with Gasteiger partial charge in [-0.05, 0) is 37.0 Å². The smallest absolute Gasteiger partial charge is 0.0540 e. The maximum atomic E-state index is 9.40. The van der Waals surface area contributed by atoms with E-state index in [-0.39, 0.29) is 6.10 Å². The molecule has 82 valence electrons. The normalized spacial score (nSPS) is 37.9. The Hall–Kier alpha value is -0.0800. The first-order chi connectivity index (χ1) is 6.55. The summed E-state index contributed by atoms with van der Waals surface area (Å²) in [6.45, 7) is 8.50. The summed E-state index contributed by atoms with van der Waals surface area (Å²) in [4.78, 5) is 2.57. The van der Waals surface area contributed by atoms with Gasteiger partial charge in [0.2, 0.25) is 0 Å². The van der Waals surface area contributed by atoms with Gasteiger partial charge in [-0.3, -0.25) is 0 Å². The van der Waals surface area contributed by atoms with Gasteiger partial charge in [-0.15, -0.1) is 0 Å². The Morgan fingerprint density at radius 1 is 1.14 bits per heavy atom.